The van der Waals surface area contributed by atoms with E-state index in [4.69, 9.17) is 5.11 Å². The summed E-state index contributed by atoms with van der Waals surface area (Å²) < 4.78 is 1.52. The molecule has 0 aromatic carbocycles. The molecule has 0 unspecified atom stereocenters. The third kappa shape index (κ3) is 2.45. The molecule has 0 aliphatic heterocycles. The second kappa shape index (κ2) is 4.60. The van der Waals surface area contributed by atoms with E-state index >= 15 is 0 Å². The van der Waals surface area contributed by atoms with Gasteiger partial charge in [0.2, 0.25) is 0 Å². The summed E-state index contributed by atoms with van der Waals surface area (Å²) >= 11 is 0. The zero-order valence-corrected chi connectivity index (χ0v) is 8.06. The van der Waals surface area contributed by atoms with Crippen LogP contribution in [0.25, 0.3) is 0 Å². The first kappa shape index (κ1) is 10.5. The maximum atomic E-state index is 11.3. The van der Waals surface area contributed by atoms with E-state index in [1.807, 2.05) is 6.92 Å². The molecule has 0 aliphatic rings. The largest absolute Gasteiger partial charge is 0.478 e. The summed E-state index contributed by atoms with van der Waals surface area (Å²) in [7, 11) is 0. The Morgan fingerprint density at radius 2 is 2.29 bits per heavy atom. The van der Waals surface area contributed by atoms with Gasteiger partial charge in [0, 0.05) is 18.8 Å². The molecule has 0 fully saturated rings. The first-order chi connectivity index (χ1) is 6.65. The average molecular weight is 195 g/mol. The first-order valence-electron chi connectivity index (χ1n) is 4.59. The summed E-state index contributed by atoms with van der Waals surface area (Å²) in [5, 5.41) is 8.63. The smallest absolute Gasteiger partial charge is 0.335 e. The molecule has 14 heavy (non-hydrogen) atoms. The van der Waals surface area contributed by atoms with Crippen LogP contribution in [0.15, 0.2) is 23.1 Å². The lowest BCUT2D eigenvalue weighted by molar-refractivity contribution is 0.0696. The summed E-state index contributed by atoms with van der Waals surface area (Å²) in [5.41, 5.74) is -0.207. The maximum Gasteiger partial charge on any atom is 0.335 e. The van der Waals surface area contributed by atoms with Crippen molar-refractivity contribution < 1.29 is 9.90 Å². The third-order valence-corrected chi connectivity index (χ3v) is 2.00. The predicted molar refractivity (Wildman–Crippen MR) is 52.6 cm³/mol. The van der Waals surface area contributed by atoms with Crippen LogP contribution in [0.1, 0.15) is 30.1 Å². The molecule has 0 aliphatic carbocycles. The molecule has 1 aromatic heterocycles. The summed E-state index contributed by atoms with van der Waals surface area (Å²) in [6.07, 6.45) is 3.46. The van der Waals surface area contributed by atoms with Gasteiger partial charge in [-0.2, -0.15) is 0 Å². The molecule has 1 N–H and O–H groups in total. The minimum Gasteiger partial charge on any atom is -0.478 e. The lowest BCUT2D eigenvalue weighted by Crippen LogP contribution is -2.20. The van der Waals surface area contributed by atoms with Gasteiger partial charge in [0.1, 0.15) is 0 Å². The number of unbranched alkanes of at least 4 members (excludes halogenated alkanes) is 1. The molecule has 0 amide bonds. The van der Waals surface area contributed by atoms with E-state index in [0.717, 1.165) is 18.9 Å². The Bertz CT molecular complexity index is 381. The van der Waals surface area contributed by atoms with Crippen LogP contribution in [0.4, 0.5) is 0 Å². The number of aromatic carboxylic acids is 1. The Morgan fingerprint density at radius 3 is 2.79 bits per heavy atom. The highest BCUT2D eigenvalue weighted by Crippen LogP contribution is 1.96. The van der Waals surface area contributed by atoms with E-state index in [9.17, 15) is 9.59 Å². The van der Waals surface area contributed by atoms with Crippen LogP contribution in [-0.4, -0.2) is 15.6 Å². The fourth-order valence-corrected chi connectivity index (χ4v) is 1.15. The van der Waals surface area contributed by atoms with E-state index in [1.165, 1.54) is 16.8 Å². The number of hydrogen-bond acceptors (Lipinski definition) is 2. The number of aryl methyl sites for hydroxylation is 1. The van der Waals surface area contributed by atoms with Crippen LogP contribution >= 0.6 is 0 Å². The molecule has 1 aromatic rings. The molecule has 0 bridgehead atoms. The summed E-state index contributed by atoms with van der Waals surface area (Å²) in [5.74, 6) is -1.07. The Balaban J connectivity index is 2.90. The SMILES string of the molecule is CCCCn1ccc(C(=O)O)cc1=O. The quantitative estimate of drug-likeness (QED) is 0.788. The maximum absolute atomic E-state index is 11.3. The van der Waals surface area contributed by atoms with Crippen molar-refractivity contribution in [2.24, 2.45) is 0 Å². The van der Waals surface area contributed by atoms with E-state index in [0.29, 0.717) is 6.54 Å². The zero-order valence-electron chi connectivity index (χ0n) is 8.06. The van der Waals surface area contributed by atoms with Crippen molar-refractivity contribution in [2.75, 3.05) is 0 Å². The highest BCUT2D eigenvalue weighted by molar-refractivity contribution is 5.87. The van der Waals surface area contributed by atoms with Crippen molar-refractivity contribution in [1.82, 2.24) is 4.57 Å². The summed E-state index contributed by atoms with van der Waals surface area (Å²) in [4.78, 5) is 21.9. The second-order valence-electron chi connectivity index (χ2n) is 3.11. The molecule has 0 saturated carbocycles. The average Bonchev–Trinajstić information content (AvgIpc) is 2.15. The van der Waals surface area contributed by atoms with Crippen molar-refractivity contribution >= 4 is 5.97 Å². The van der Waals surface area contributed by atoms with Gasteiger partial charge in [0.05, 0.1) is 5.56 Å². The van der Waals surface area contributed by atoms with Gasteiger partial charge in [-0.3, -0.25) is 4.79 Å². The van der Waals surface area contributed by atoms with Crippen LogP contribution in [0.5, 0.6) is 0 Å². The second-order valence-corrected chi connectivity index (χ2v) is 3.11. The minimum absolute atomic E-state index is 0.0442. The lowest BCUT2D eigenvalue weighted by atomic mass is 10.2. The fraction of sp³-hybridized carbons (Fsp3) is 0.400. The molecule has 0 radical (unpaired) electrons. The molecule has 4 heteroatoms. The molecule has 1 heterocycles. The zero-order chi connectivity index (χ0) is 10.6. The topological polar surface area (TPSA) is 59.3 Å². The number of rotatable bonds is 4. The van der Waals surface area contributed by atoms with Gasteiger partial charge >= 0.3 is 5.97 Å². The first-order valence-corrected chi connectivity index (χ1v) is 4.59. The van der Waals surface area contributed by atoms with Crippen LogP contribution in [0.3, 0.4) is 0 Å². The van der Waals surface area contributed by atoms with Gasteiger partial charge in [0.15, 0.2) is 0 Å². The number of carboxylic acids is 1. The Morgan fingerprint density at radius 1 is 1.57 bits per heavy atom. The Kier molecular flexibility index (Phi) is 3.45. The minimum atomic E-state index is -1.07. The monoisotopic (exact) mass is 195 g/mol. The number of aromatic nitrogens is 1. The van der Waals surface area contributed by atoms with Crippen molar-refractivity contribution in [3.05, 3.63) is 34.2 Å². The molecule has 1 rings (SSSR count). The van der Waals surface area contributed by atoms with Crippen molar-refractivity contribution in [3.8, 4) is 0 Å². The van der Waals surface area contributed by atoms with Crippen molar-refractivity contribution in [2.45, 2.75) is 26.3 Å². The number of pyridine rings is 1. The van der Waals surface area contributed by atoms with E-state index in [-0.39, 0.29) is 11.1 Å². The Hall–Kier alpha value is -1.58. The summed E-state index contributed by atoms with van der Waals surface area (Å²) in [6.45, 7) is 2.69. The van der Waals surface area contributed by atoms with Crippen LogP contribution in [0.2, 0.25) is 0 Å². The molecule has 0 saturated heterocycles. The van der Waals surface area contributed by atoms with Gasteiger partial charge in [0.25, 0.3) is 5.56 Å². The van der Waals surface area contributed by atoms with Gasteiger partial charge in [-0.05, 0) is 12.5 Å². The highest BCUT2D eigenvalue weighted by Gasteiger charge is 2.03. The van der Waals surface area contributed by atoms with Crippen LogP contribution < -0.4 is 5.56 Å². The molecule has 4 nitrogen and oxygen atoms in total. The number of carbonyl (C=O) groups is 1. The molecular formula is C10H13NO3. The predicted octanol–water partition coefficient (Wildman–Crippen LogP) is 1.35. The van der Waals surface area contributed by atoms with E-state index in [2.05, 4.69) is 0 Å². The summed E-state index contributed by atoms with van der Waals surface area (Å²) in [6, 6.07) is 2.59. The lowest BCUT2D eigenvalue weighted by Gasteiger charge is -2.03. The molecule has 0 spiro atoms. The standard InChI is InChI=1S/C10H13NO3/c1-2-3-5-11-6-4-8(10(13)14)7-9(11)12/h4,6-7H,2-3,5H2,1H3,(H,13,14). The third-order valence-electron chi connectivity index (χ3n) is 2.00. The van der Waals surface area contributed by atoms with Crippen LogP contribution in [-0.2, 0) is 6.54 Å². The van der Waals surface area contributed by atoms with Crippen molar-refractivity contribution in [3.63, 3.8) is 0 Å². The number of nitrogens with zero attached hydrogens (tertiary/aromatic N) is 1. The van der Waals surface area contributed by atoms with Gasteiger partial charge < -0.3 is 9.67 Å². The Labute approximate surface area is 81.8 Å². The van der Waals surface area contributed by atoms with Crippen LogP contribution in [0, 0.1) is 0 Å². The van der Waals surface area contributed by atoms with Gasteiger partial charge in [-0.1, -0.05) is 13.3 Å². The number of carboxylic acid groups (broad SMARTS) is 1. The van der Waals surface area contributed by atoms with E-state index < -0.39 is 5.97 Å². The highest BCUT2D eigenvalue weighted by atomic mass is 16.4. The normalized spacial score (nSPS) is 10.1. The fourth-order valence-electron chi connectivity index (χ4n) is 1.15. The molecule has 76 valence electrons. The van der Waals surface area contributed by atoms with Gasteiger partial charge in [-0.15, -0.1) is 0 Å². The van der Waals surface area contributed by atoms with Gasteiger partial charge in [-0.25, -0.2) is 4.79 Å². The molecule has 0 atom stereocenters. The van der Waals surface area contributed by atoms with Crippen molar-refractivity contribution in [1.29, 1.82) is 0 Å². The molecular weight excluding hydrogens is 182 g/mol. The van der Waals surface area contributed by atoms with E-state index in [1.54, 1.807) is 0 Å². The number of hydrogen-bond donors (Lipinski definition) is 1.